The highest BCUT2D eigenvalue weighted by Crippen LogP contribution is 2.23. The molecule has 2 aromatic carbocycles. The Morgan fingerprint density at radius 3 is 2.17 bits per heavy atom. The number of aryl methyl sites for hydroxylation is 1. The molecular formula is C19H25NO3S. The van der Waals surface area contributed by atoms with Crippen LogP contribution < -0.4 is 9.46 Å². The van der Waals surface area contributed by atoms with E-state index in [-0.39, 0.29) is 16.9 Å². The molecule has 2 aromatic rings. The lowest BCUT2D eigenvalue weighted by molar-refractivity contribution is 0.411. The minimum atomic E-state index is -3.55. The summed E-state index contributed by atoms with van der Waals surface area (Å²) in [6.07, 6.45) is 0. The Morgan fingerprint density at radius 2 is 1.67 bits per heavy atom. The molecule has 1 N–H and O–H groups in total. The summed E-state index contributed by atoms with van der Waals surface area (Å²) in [6, 6.07) is 12.8. The van der Waals surface area contributed by atoms with Gasteiger partial charge < -0.3 is 4.74 Å². The van der Waals surface area contributed by atoms with Crippen molar-refractivity contribution in [3.05, 3.63) is 59.2 Å². The molecule has 0 bridgehead atoms. The van der Waals surface area contributed by atoms with Gasteiger partial charge >= 0.3 is 0 Å². The van der Waals surface area contributed by atoms with Crippen molar-refractivity contribution in [2.75, 3.05) is 7.11 Å². The first-order valence-electron chi connectivity index (χ1n) is 7.87. The van der Waals surface area contributed by atoms with Crippen LogP contribution in [-0.2, 0) is 22.0 Å². The van der Waals surface area contributed by atoms with E-state index in [9.17, 15) is 8.42 Å². The molecule has 0 fully saturated rings. The second kappa shape index (κ2) is 6.95. The molecule has 130 valence electrons. The smallest absolute Gasteiger partial charge is 0.240 e. The summed E-state index contributed by atoms with van der Waals surface area (Å²) in [5, 5.41) is 0. The molecule has 0 amide bonds. The van der Waals surface area contributed by atoms with Crippen molar-refractivity contribution in [2.45, 2.75) is 44.6 Å². The summed E-state index contributed by atoms with van der Waals surface area (Å²) in [4.78, 5) is 0.243. The van der Waals surface area contributed by atoms with E-state index in [0.29, 0.717) is 5.75 Å². The number of nitrogens with one attached hydrogen (secondary N) is 1. The average molecular weight is 347 g/mol. The molecular weight excluding hydrogens is 322 g/mol. The molecule has 0 radical (unpaired) electrons. The van der Waals surface area contributed by atoms with Crippen molar-refractivity contribution in [3.8, 4) is 5.75 Å². The maximum absolute atomic E-state index is 12.4. The lowest BCUT2D eigenvalue weighted by Gasteiger charge is -2.19. The van der Waals surface area contributed by atoms with Gasteiger partial charge in [-0.3, -0.25) is 0 Å². The summed E-state index contributed by atoms with van der Waals surface area (Å²) in [5.74, 6) is 0.673. The van der Waals surface area contributed by atoms with Gasteiger partial charge in [0.25, 0.3) is 0 Å². The highest BCUT2D eigenvalue weighted by Gasteiger charge is 2.16. The monoisotopic (exact) mass is 347 g/mol. The second-order valence-corrected chi connectivity index (χ2v) is 8.67. The Bertz CT molecular complexity index is 803. The predicted molar refractivity (Wildman–Crippen MR) is 96.9 cm³/mol. The fourth-order valence-electron chi connectivity index (χ4n) is 2.40. The summed E-state index contributed by atoms with van der Waals surface area (Å²) >= 11 is 0. The lowest BCUT2D eigenvalue weighted by Crippen LogP contribution is -2.23. The molecule has 0 aliphatic carbocycles. The largest absolute Gasteiger partial charge is 0.496 e. The molecule has 0 unspecified atom stereocenters. The van der Waals surface area contributed by atoms with E-state index in [1.54, 1.807) is 25.3 Å². The Kier molecular flexibility index (Phi) is 5.35. The van der Waals surface area contributed by atoms with Crippen LogP contribution in [0.5, 0.6) is 5.75 Å². The molecule has 0 heterocycles. The Labute approximate surface area is 144 Å². The van der Waals surface area contributed by atoms with Crippen LogP contribution in [0.15, 0.2) is 47.4 Å². The zero-order valence-electron chi connectivity index (χ0n) is 14.9. The van der Waals surface area contributed by atoms with E-state index in [1.807, 2.05) is 31.2 Å². The number of hydrogen-bond acceptors (Lipinski definition) is 3. The molecule has 2 rings (SSSR count). The van der Waals surface area contributed by atoms with Crippen LogP contribution in [-0.4, -0.2) is 15.5 Å². The first-order valence-corrected chi connectivity index (χ1v) is 9.35. The fraction of sp³-hybridized carbons (Fsp3) is 0.368. The first kappa shape index (κ1) is 18.5. The Hall–Kier alpha value is -1.85. The Balaban J connectivity index is 2.11. The molecule has 0 saturated heterocycles. The topological polar surface area (TPSA) is 55.4 Å². The van der Waals surface area contributed by atoms with Crippen molar-refractivity contribution in [1.82, 2.24) is 4.72 Å². The van der Waals surface area contributed by atoms with Crippen LogP contribution in [0.1, 0.15) is 37.5 Å². The van der Waals surface area contributed by atoms with Crippen LogP contribution in [0.25, 0.3) is 0 Å². The Morgan fingerprint density at radius 1 is 1.04 bits per heavy atom. The molecule has 0 aliphatic rings. The molecule has 0 aromatic heterocycles. The van der Waals surface area contributed by atoms with Crippen LogP contribution >= 0.6 is 0 Å². The molecule has 24 heavy (non-hydrogen) atoms. The van der Waals surface area contributed by atoms with Crippen molar-refractivity contribution in [2.24, 2.45) is 0 Å². The fourth-order valence-corrected chi connectivity index (χ4v) is 3.50. The van der Waals surface area contributed by atoms with E-state index < -0.39 is 10.0 Å². The van der Waals surface area contributed by atoms with Crippen LogP contribution in [0.3, 0.4) is 0 Å². The van der Waals surface area contributed by atoms with Crippen LogP contribution in [0.2, 0.25) is 0 Å². The first-order chi connectivity index (χ1) is 11.1. The average Bonchev–Trinajstić information content (AvgIpc) is 2.52. The molecule has 0 aliphatic heterocycles. The van der Waals surface area contributed by atoms with Crippen LogP contribution in [0, 0.1) is 6.92 Å². The van der Waals surface area contributed by atoms with Gasteiger partial charge in [0.1, 0.15) is 5.75 Å². The predicted octanol–water partition coefficient (Wildman–Crippen LogP) is 3.78. The van der Waals surface area contributed by atoms with Gasteiger partial charge in [-0.1, -0.05) is 45.0 Å². The van der Waals surface area contributed by atoms with Gasteiger partial charge in [0.05, 0.1) is 12.0 Å². The number of sulfonamides is 1. The highest BCUT2D eigenvalue weighted by molar-refractivity contribution is 7.89. The van der Waals surface area contributed by atoms with Gasteiger partial charge in [-0.05, 0) is 47.2 Å². The van der Waals surface area contributed by atoms with Gasteiger partial charge in [0.2, 0.25) is 10.0 Å². The lowest BCUT2D eigenvalue weighted by atomic mass is 9.87. The minimum Gasteiger partial charge on any atom is -0.496 e. The third-order valence-electron chi connectivity index (χ3n) is 3.96. The van der Waals surface area contributed by atoms with E-state index in [4.69, 9.17) is 4.74 Å². The van der Waals surface area contributed by atoms with E-state index in [1.165, 1.54) is 5.56 Å². The normalized spacial score (nSPS) is 12.2. The number of hydrogen-bond donors (Lipinski definition) is 1. The highest BCUT2D eigenvalue weighted by atomic mass is 32.2. The van der Waals surface area contributed by atoms with Gasteiger partial charge in [0.15, 0.2) is 0 Å². The third-order valence-corrected chi connectivity index (χ3v) is 5.36. The quantitative estimate of drug-likeness (QED) is 0.895. The number of ether oxygens (including phenoxy) is 1. The second-order valence-electron chi connectivity index (χ2n) is 6.90. The summed E-state index contributed by atoms with van der Waals surface area (Å²) < 4.78 is 32.7. The number of methoxy groups -OCH3 is 1. The van der Waals surface area contributed by atoms with Gasteiger partial charge in [-0.15, -0.1) is 0 Å². The minimum absolute atomic E-state index is 0.0820. The SMILES string of the molecule is COc1ccc(S(=O)(=O)NCc2ccc(C(C)(C)C)cc2)cc1C. The van der Waals surface area contributed by atoms with Crippen molar-refractivity contribution >= 4 is 10.0 Å². The zero-order chi connectivity index (χ0) is 18.0. The molecule has 0 saturated carbocycles. The van der Waals surface area contributed by atoms with Crippen LogP contribution in [0.4, 0.5) is 0 Å². The van der Waals surface area contributed by atoms with Gasteiger partial charge in [-0.2, -0.15) is 0 Å². The van der Waals surface area contributed by atoms with Crippen molar-refractivity contribution < 1.29 is 13.2 Å². The molecule has 0 spiro atoms. The number of benzene rings is 2. The van der Waals surface area contributed by atoms with Crippen molar-refractivity contribution in [1.29, 1.82) is 0 Å². The van der Waals surface area contributed by atoms with Gasteiger partial charge in [-0.25, -0.2) is 13.1 Å². The summed E-state index contributed by atoms with van der Waals surface area (Å²) in [5.41, 5.74) is 3.02. The van der Waals surface area contributed by atoms with E-state index in [0.717, 1.165) is 11.1 Å². The molecule has 5 heteroatoms. The maximum Gasteiger partial charge on any atom is 0.240 e. The summed E-state index contributed by atoms with van der Waals surface area (Å²) in [6.45, 7) is 8.53. The van der Waals surface area contributed by atoms with Crippen molar-refractivity contribution in [3.63, 3.8) is 0 Å². The third kappa shape index (κ3) is 4.36. The van der Waals surface area contributed by atoms with E-state index in [2.05, 4.69) is 25.5 Å². The van der Waals surface area contributed by atoms with Gasteiger partial charge in [0, 0.05) is 6.54 Å². The number of rotatable bonds is 5. The zero-order valence-corrected chi connectivity index (χ0v) is 15.7. The maximum atomic E-state index is 12.4. The molecule has 4 nitrogen and oxygen atoms in total. The summed E-state index contributed by atoms with van der Waals surface area (Å²) in [7, 11) is -1.98. The van der Waals surface area contributed by atoms with E-state index >= 15 is 0 Å². The molecule has 0 atom stereocenters. The standard InChI is InChI=1S/C19H25NO3S/c1-14-12-17(10-11-18(14)23-5)24(21,22)20-13-15-6-8-16(9-7-15)19(2,3)4/h6-12,20H,13H2,1-5H3.